The van der Waals surface area contributed by atoms with Gasteiger partial charge in [0.25, 0.3) is 0 Å². The highest BCUT2D eigenvalue weighted by atomic mass is 15.1. The van der Waals surface area contributed by atoms with Crippen LogP contribution in [0, 0.1) is 6.92 Å². The van der Waals surface area contributed by atoms with Crippen LogP contribution in [0.15, 0.2) is 24.5 Å². The largest absolute Gasteiger partial charge is 0.382 e. The van der Waals surface area contributed by atoms with Gasteiger partial charge in [-0.25, -0.2) is 9.97 Å². The molecule has 0 radical (unpaired) electrons. The highest BCUT2D eigenvalue weighted by Crippen LogP contribution is 2.13. The van der Waals surface area contributed by atoms with E-state index in [0.29, 0.717) is 5.82 Å². The quantitative estimate of drug-likeness (QED) is 0.715. The van der Waals surface area contributed by atoms with Gasteiger partial charge in [-0.15, -0.1) is 10.2 Å². The van der Waals surface area contributed by atoms with Gasteiger partial charge in [0, 0.05) is 18.0 Å². The molecule has 2 heterocycles. The van der Waals surface area contributed by atoms with E-state index in [9.17, 15) is 0 Å². The Balaban J connectivity index is 2.40. The van der Waals surface area contributed by atoms with E-state index in [1.807, 2.05) is 6.92 Å². The predicted octanol–water partition coefficient (Wildman–Crippen LogP) is 0.824. The van der Waals surface area contributed by atoms with E-state index in [0.717, 1.165) is 17.1 Å². The van der Waals surface area contributed by atoms with E-state index in [1.54, 1.807) is 24.5 Å². The second-order valence-corrected chi connectivity index (χ2v) is 2.86. The summed E-state index contributed by atoms with van der Waals surface area (Å²) in [5.74, 6) is 1.14. The van der Waals surface area contributed by atoms with Crippen molar-refractivity contribution in [1.82, 2.24) is 20.2 Å². The lowest BCUT2D eigenvalue weighted by Crippen LogP contribution is -1.95. The minimum Gasteiger partial charge on any atom is -0.382 e. The Morgan fingerprint density at radius 3 is 2.36 bits per heavy atom. The third-order valence-corrected chi connectivity index (χ3v) is 1.76. The van der Waals surface area contributed by atoms with Crippen LogP contribution in [0.2, 0.25) is 0 Å². The van der Waals surface area contributed by atoms with Crippen LogP contribution in [-0.2, 0) is 0 Å². The SMILES string of the molecule is Cc1ncc(-c2ccc(N)nn2)cn1. The van der Waals surface area contributed by atoms with Gasteiger partial charge in [-0.3, -0.25) is 0 Å². The molecule has 2 aromatic heterocycles. The third-order valence-electron chi connectivity index (χ3n) is 1.76. The summed E-state index contributed by atoms with van der Waals surface area (Å²) in [7, 11) is 0. The van der Waals surface area contributed by atoms with Gasteiger partial charge in [0.1, 0.15) is 11.6 Å². The number of nitrogen functional groups attached to an aromatic ring is 1. The van der Waals surface area contributed by atoms with E-state index in [4.69, 9.17) is 5.73 Å². The van der Waals surface area contributed by atoms with Crippen molar-refractivity contribution in [3.8, 4) is 11.3 Å². The minimum atomic E-state index is 0.404. The number of anilines is 1. The van der Waals surface area contributed by atoms with Crippen LogP contribution in [-0.4, -0.2) is 20.2 Å². The maximum absolute atomic E-state index is 5.42. The molecule has 0 unspecified atom stereocenters. The van der Waals surface area contributed by atoms with Crippen molar-refractivity contribution in [1.29, 1.82) is 0 Å². The van der Waals surface area contributed by atoms with E-state index < -0.39 is 0 Å². The van der Waals surface area contributed by atoms with E-state index in [-0.39, 0.29) is 0 Å². The summed E-state index contributed by atoms with van der Waals surface area (Å²) in [6, 6.07) is 3.48. The summed E-state index contributed by atoms with van der Waals surface area (Å²) in [6.07, 6.45) is 3.42. The lowest BCUT2D eigenvalue weighted by molar-refractivity contribution is 1.02. The number of aryl methyl sites for hydroxylation is 1. The zero-order chi connectivity index (χ0) is 9.97. The van der Waals surface area contributed by atoms with E-state index >= 15 is 0 Å². The Morgan fingerprint density at radius 1 is 1.07 bits per heavy atom. The van der Waals surface area contributed by atoms with E-state index in [1.165, 1.54) is 0 Å². The molecule has 0 amide bonds. The van der Waals surface area contributed by atoms with Crippen molar-refractivity contribution in [2.24, 2.45) is 0 Å². The van der Waals surface area contributed by atoms with Crippen LogP contribution in [0.4, 0.5) is 5.82 Å². The fourth-order valence-corrected chi connectivity index (χ4v) is 1.02. The van der Waals surface area contributed by atoms with Crippen LogP contribution in [0.1, 0.15) is 5.82 Å². The minimum absolute atomic E-state index is 0.404. The van der Waals surface area contributed by atoms with Crippen LogP contribution >= 0.6 is 0 Å². The molecule has 2 rings (SSSR count). The highest BCUT2D eigenvalue weighted by molar-refractivity contribution is 5.56. The monoisotopic (exact) mass is 187 g/mol. The lowest BCUT2D eigenvalue weighted by atomic mass is 10.2. The summed E-state index contributed by atoms with van der Waals surface area (Å²) in [5, 5.41) is 7.67. The molecule has 2 N–H and O–H groups in total. The van der Waals surface area contributed by atoms with Gasteiger partial charge in [0.15, 0.2) is 0 Å². The first kappa shape index (κ1) is 8.55. The lowest BCUT2D eigenvalue weighted by Gasteiger charge is -1.98. The molecule has 0 aliphatic carbocycles. The van der Waals surface area contributed by atoms with Gasteiger partial charge < -0.3 is 5.73 Å². The Labute approximate surface area is 81.0 Å². The molecule has 0 saturated heterocycles. The first-order valence-corrected chi connectivity index (χ1v) is 4.14. The summed E-state index contributed by atoms with van der Waals surface area (Å²) in [5.41, 5.74) is 6.98. The standard InChI is InChI=1S/C9H9N5/c1-6-11-4-7(5-12-6)8-2-3-9(10)14-13-8/h2-5H,1H3,(H2,10,14). The average molecular weight is 187 g/mol. The molecule has 0 saturated carbocycles. The number of rotatable bonds is 1. The van der Waals surface area contributed by atoms with Gasteiger partial charge >= 0.3 is 0 Å². The van der Waals surface area contributed by atoms with Crippen LogP contribution in [0.25, 0.3) is 11.3 Å². The normalized spacial score (nSPS) is 10.1. The molecule has 0 aromatic carbocycles. The first-order valence-electron chi connectivity index (χ1n) is 4.14. The number of aromatic nitrogens is 4. The number of hydrogen-bond acceptors (Lipinski definition) is 5. The summed E-state index contributed by atoms with van der Waals surface area (Å²) < 4.78 is 0. The molecule has 5 heteroatoms. The fraction of sp³-hybridized carbons (Fsp3) is 0.111. The Bertz CT molecular complexity index is 376. The van der Waals surface area contributed by atoms with Crippen LogP contribution in [0.3, 0.4) is 0 Å². The summed E-state index contributed by atoms with van der Waals surface area (Å²) >= 11 is 0. The van der Waals surface area contributed by atoms with E-state index in [2.05, 4.69) is 20.2 Å². The molecule has 0 aliphatic heterocycles. The molecule has 0 aliphatic rings. The van der Waals surface area contributed by atoms with Crippen LogP contribution in [0.5, 0.6) is 0 Å². The van der Waals surface area contributed by atoms with Crippen molar-refractivity contribution in [3.05, 3.63) is 30.4 Å². The van der Waals surface area contributed by atoms with Gasteiger partial charge in [0.2, 0.25) is 0 Å². The molecule has 0 spiro atoms. The topological polar surface area (TPSA) is 77.6 Å². The Kier molecular flexibility index (Phi) is 2.06. The van der Waals surface area contributed by atoms with Crippen molar-refractivity contribution < 1.29 is 0 Å². The first-order chi connectivity index (χ1) is 6.75. The second kappa shape index (κ2) is 3.37. The van der Waals surface area contributed by atoms with Gasteiger partial charge in [-0.1, -0.05) is 0 Å². The fourth-order valence-electron chi connectivity index (χ4n) is 1.02. The van der Waals surface area contributed by atoms with Crippen molar-refractivity contribution in [2.45, 2.75) is 6.92 Å². The van der Waals surface area contributed by atoms with Crippen molar-refractivity contribution >= 4 is 5.82 Å². The molecule has 70 valence electrons. The molecule has 0 fully saturated rings. The van der Waals surface area contributed by atoms with Gasteiger partial charge in [-0.2, -0.15) is 0 Å². The summed E-state index contributed by atoms with van der Waals surface area (Å²) in [6.45, 7) is 1.83. The predicted molar refractivity (Wildman–Crippen MR) is 52.2 cm³/mol. The molecule has 2 aromatic rings. The zero-order valence-corrected chi connectivity index (χ0v) is 7.68. The van der Waals surface area contributed by atoms with Crippen molar-refractivity contribution in [2.75, 3.05) is 5.73 Å². The number of hydrogen-bond donors (Lipinski definition) is 1. The molecular formula is C9H9N5. The highest BCUT2D eigenvalue weighted by Gasteiger charge is 2.00. The second-order valence-electron chi connectivity index (χ2n) is 2.86. The van der Waals surface area contributed by atoms with Crippen LogP contribution < -0.4 is 5.73 Å². The molecule has 14 heavy (non-hydrogen) atoms. The van der Waals surface area contributed by atoms with Crippen molar-refractivity contribution in [3.63, 3.8) is 0 Å². The molecule has 0 atom stereocenters. The van der Waals surface area contributed by atoms with Gasteiger partial charge in [-0.05, 0) is 19.1 Å². The third kappa shape index (κ3) is 1.66. The van der Waals surface area contributed by atoms with Gasteiger partial charge in [0.05, 0.1) is 5.69 Å². The zero-order valence-electron chi connectivity index (χ0n) is 7.68. The smallest absolute Gasteiger partial charge is 0.146 e. The maximum Gasteiger partial charge on any atom is 0.146 e. The molecular weight excluding hydrogens is 178 g/mol. The Hall–Kier alpha value is -2.04. The average Bonchev–Trinajstić information content (AvgIpc) is 2.21. The summed E-state index contributed by atoms with van der Waals surface area (Å²) in [4.78, 5) is 8.14. The number of nitrogens with zero attached hydrogens (tertiary/aromatic N) is 4. The molecule has 5 nitrogen and oxygen atoms in total. The maximum atomic E-state index is 5.42. The Morgan fingerprint density at radius 2 is 1.79 bits per heavy atom. The molecule has 0 bridgehead atoms. The number of nitrogens with two attached hydrogens (primary N) is 1.